The highest BCUT2D eigenvalue weighted by atomic mass is 16.2. The van der Waals surface area contributed by atoms with E-state index >= 15 is 0 Å². The average molecular weight is 1500 g/mol. The molecule has 0 unspecified atom stereocenters. The molecule has 25 heteroatoms. The van der Waals surface area contributed by atoms with Crippen LogP contribution in [0.1, 0.15) is 251 Å². The molecular weight excluding hydrogens is 1380 g/mol. The first-order valence-corrected chi connectivity index (χ1v) is 41.9. The van der Waals surface area contributed by atoms with Gasteiger partial charge in [-0.05, 0) is 178 Å². The van der Waals surface area contributed by atoms with Crippen molar-refractivity contribution in [3.63, 3.8) is 0 Å². The minimum atomic E-state index is 0.0687. The second-order valence-electron chi connectivity index (χ2n) is 30.5. The summed E-state index contributed by atoms with van der Waals surface area (Å²) in [5.74, 6) is 0.343. The highest BCUT2D eigenvalue weighted by molar-refractivity contribution is 6.45. The lowest BCUT2D eigenvalue weighted by molar-refractivity contribution is -0.122. The number of benzene rings is 5. The first kappa shape index (κ1) is 81.4. The zero-order valence-electron chi connectivity index (χ0n) is 66.3. The van der Waals surface area contributed by atoms with Gasteiger partial charge >= 0.3 is 0 Å². The molecule has 11 rings (SSSR count). The molecule has 110 heavy (non-hydrogen) atoms. The number of rotatable bonds is 55. The van der Waals surface area contributed by atoms with E-state index in [1.165, 1.54) is 81.7 Å². The summed E-state index contributed by atoms with van der Waals surface area (Å²) >= 11 is 0. The topological polar surface area (TPSA) is 299 Å². The van der Waals surface area contributed by atoms with Crippen molar-refractivity contribution in [1.82, 2.24) is 102 Å². The van der Waals surface area contributed by atoms with Crippen molar-refractivity contribution in [2.24, 2.45) is 0 Å². The molecule has 0 fully saturated rings. The fourth-order valence-corrected chi connectivity index (χ4v) is 15.6. The van der Waals surface area contributed by atoms with Crippen LogP contribution in [0.5, 0.6) is 0 Å². The summed E-state index contributed by atoms with van der Waals surface area (Å²) < 4.78 is 9.20. The van der Waals surface area contributed by atoms with E-state index in [0.29, 0.717) is 162 Å². The summed E-state index contributed by atoms with van der Waals surface area (Å²) in [6.45, 7) is 15.9. The van der Waals surface area contributed by atoms with E-state index in [1.807, 2.05) is 54.4 Å². The van der Waals surface area contributed by atoms with Crippen molar-refractivity contribution in [2.45, 2.75) is 292 Å². The summed E-state index contributed by atoms with van der Waals surface area (Å²) in [6.07, 6.45) is 40.4. The molecule has 5 aromatic heterocycles. The molecule has 5 amide bonds. The molecule has 25 nitrogen and oxygen atoms in total. The molecule has 0 spiro atoms. The van der Waals surface area contributed by atoms with Gasteiger partial charge in [-0.3, -0.25) is 47.4 Å². The minimum Gasteiger partial charge on any atom is -0.354 e. The number of hydrogen-bond donors (Lipinski definition) is 5. The van der Waals surface area contributed by atoms with E-state index in [9.17, 15) is 24.0 Å². The molecular formula is C85H120N20O5. The number of aromatic nitrogens is 15. The number of amides is 5. The molecule has 0 atom stereocenters. The monoisotopic (exact) mass is 1500 g/mol. The van der Waals surface area contributed by atoms with E-state index in [4.69, 9.17) is 25.5 Å². The van der Waals surface area contributed by atoms with Crippen molar-refractivity contribution in [2.75, 3.05) is 32.7 Å². The molecule has 11 aromatic rings. The van der Waals surface area contributed by atoms with Crippen molar-refractivity contribution >= 4 is 83.4 Å². The van der Waals surface area contributed by atoms with Crippen molar-refractivity contribution < 1.29 is 24.0 Å². The molecule has 590 valence electrons. The number of nitrogens with one attached hydrogen (secondary N) is 5. The SMILES string of the molecule is CCCCCCC(=O)NCCn1cc(CCc2cc3c(CCc4cn(CCNC(=O)CCCCCC)nn4)cc4c(CCc5cn(CCNC(=O)CCCCCC)nn5)cc5c(CCc6cn(CCNC(=O)CCCCCC)nn6)cc6c(CCc7cn(CCNC(=O)CCCCCC)nn7)cc2c2c6c5c4c32)nn1. The van der Waals surface area contributed by atoms with E-state index < -0.39 is 0 Å². The Morgan fingerprint density at radius 3 is 0.609 bits per heavy atom. The predicted molar refractivity (Wildman–Crippen MR) is 434 cm³/mol. The lowest BCUT2D eigenvalue weighted by Gasteiger charge is -2.16. The summed E-state index contributed by atoms with van der Waals surface area (Å²) in [7, 11) is 0. The second kappa shape index (κ2) is 42.6. The number of nitrogens with zero attached hydrogens (tertiary/aromatic N) is 15. The van der Waals surface area contributed by atoms with E-state index in [2.05, 4.69) is 118 Å². The third kappa shape index (κ3) is 23.3. The Kier molecular flexibility index (Phi) is 31.5. The lowest BCUT2D eigenvalue weighted by atomic mass is 9.87. The van der Waals surface area contributed by atoms with Crippen LogP contribution in [-0.4, -0.2) is 137 Å². The van der Waals surface area contributed by atoms with Gasteiger partial charge in [-0.2, -0.15) is 0 Å². The van der Waals surface area contributed by atoms with Gasteiger partial charge in [0.05, 0.1) is 61.2 Å². The van der Waals surface area contributed by atoms with Gasteiger partial charge in [-0.15, -0.1) is 25.5 Å². The Bertz CT molecular complexity index is 3960. The van der Waals surface area contributed by atoms with Gasteiger partial charge < -0.3 is 26.6 Å². The zero-order chi connectivity index (χ0) is 76.8. The average Bonchev–Trinajstić information content (AvgIpc) is 1.51. The molecule has 0 saturated carbocycles. The molecule has 0 aliphatic carbocycles. The van der Waals surface area contributed by atoms with E-state index in [0.717, 1.165) is 157 Å². The fourth-order valence-electron chi connectivity index (χ4n) is 15.6. The van der Waals surface area contributed by atoms with E-state index in [-0.39, 0.29) is 29.5 Å². The summed E-state index contributed by atoms with van der Waals surface area (Å²) in [5.41, 5.74) is 10.5. The number of hydrogen-bond acceptors (Lipinski definition) is 15. The predicted octanol–water partition coefficient (Wildman–Crippen LogP) is 13.1. The summed E-state index contributed by atoms with van der Waals surface area (Å²) in [4.78, 5) is 63.8. The van der Waals surface area contributed by atoms with Crippen molar-refractivity contribution in [3.8, 4) is 0 Å². The number of unbranched alkanes of at least 4 members (excludes halogenated alkanes) is 15. The number of carbonyl (C=O) groups is 5. The van der Waals surface area contributed by atoms with Crippen molar-refractivity contribution in [3.05, 3.63) is 118 Å². The molecule has 0 radical (unpaired) electrons. The van der Waals surface area contributed by atoms with Gasteiger partial charge in [0.25, 0.3) is 0 Å². The van der Waals surface area contributed by atoms with Gasteiger partial charge in [0, 0.05) is 95.8 Å². The van der Waals surface area contributed by atoms with Crippen LogP contribution in [0.15, 0.2) is 61.3 Å². The Morgan fingerprint density at radius 2 is 0.436 bits per heavy atom. The lowest BCUT2D eigenvalue weighted by Crippen LogP contribution is -2.27. The molecule has 6 aromatic carbocycles. The van der Waals surface area contributed by atoms with Crippen LogP contribution in [0.4, 0.5) is 0 Å². The maximum Gasteiger partial charge on any atom is 0.220 e. The van der Waals surface area contributed by atoms with Crippen LogP contribution in [0.25, 0.3) is 53.9 Å². The quantitative estimate of drug-likeness (QED) is 0.0175. The third-order valence-corrected chi connectivity index (χ3v) is 21.7. The molecule has 0 aliphatic heterocycles. The van der Waals surface area contributed by atoms with Crippen LogP contribution in [0, 0.1) is 0 Å². The largest absolute Gasteiger partial charge is 0.354 e. The first-order valence-electron chi connectivity index (χ1n) is 41.9. The Labute approximate surface area is 648 Å². The first-order chi connectivity index (χ1) is 53.9. The number of aryl methyl sites for hydroxylation is 10. The standard InChI is InChI=1S/C85H120N20O5/c1-6-11-16-21-26-76(106)86-41-46-101-56-66(91-96-101)36-31-61-51-72-63(33-38-68-58-103(98-93-68)48-43-88-78(108)28-23-18-13-8-3)53-74-65(35-40-70-60-105(100-95-70)50-45-90-80(110)30-25-20-15-10-5)55-75-64(34-39-69-59-104(99-94-69)49-44-89-79(109)29-24-19-14-9-4)54-73-62(52-71(61)81-82(72)84(74)85(75)83(73)81)32-37-67-57-102(97-92-67)47-42-87-77(107)27-22-17-12-7-2/h51-60H,6-50H2,1-5H3,(H,86,106)(H,87,107)(H,88,108)(H,89,109)(H,90,110). The van der Waals surface area contributed by atoms with Gasteiger partial charge in [-0.1, -0.05) is 187 Å². The van der Waals surface area contributed by atoms with Gasteiger partial charge in [0.15, 0.2) is 0 Å². The maximum atomic E-state index is 12.8. The van der Waals surface area contributed by atoms with Crippen LogP contribution < -0.4 is 26.6 Å². The molecule has 5 heterocycles. The molecule has 5 N–H and O–H groups in total. The Morgan fingerprint density at radius 1 is 0.255 bits per heavy atom. The van der Waals surface area contributed by atoms with Crippen molar-refractivity contribution in [1.29, 1.82) is 0 Å². The van der Waals surface area contributed by atoms with E-state index in [1.54, 1.807) is 0 Å². The highest BCUT2D eigenvalue weighted by Crippen LogP contribution is 2.53. The van der Waals surface area contributed by atoms with Gasteiger partial charge in [0.2, 0.25) is 29.5 Å². The minimum absolute atomic E-state index is 0.0687. The second-order valence-corrected chi connectivity index (χ2v) is 30.5. The fraction of sp³-hybridized carbons (Fsp3) is 0.588. The van der Waals surface area contributed by atoms with Crippen LogP contribution in [0.2, 0.25) is 0 Å². The van der Waals surface area contributed by atoms with Crippen LogP contribution in [0.3, 0.4) is 0 Å². The summed E-state index contributed by atoms with van der Waals surface area (Å²) in [5, 5.41) is 74.2. The Balaban J connectivity index is 0.966. The number of carbonyl (C=O) groups excluding carboxylic acids is 5. The Hall–Kier alpha value is -9.55. The smallest absolute Gasteiger partial charge is 0.220 e. The van der Waals surface area contributed by atoms with Crippen LogP contribution in [-0.2, 0) is 121 Å². The summed E-state index contributed by atoms with van der Waals surface area (Å²) in [6, 6.07) is 12.3. The van der Waals surface area contributed by atoms with Gasteiger partial charge in [-0.25, -0.2) is 0 Å². The van der Waals surface area contributed by atoms with Crippen LogP contribution >= 0.6 is 0 Å². The zero-order valence-corrected chi connectivity index (χ0v) is 66.3. The highest BCUT2D eigenvalue weighted by Gasteiger charge is 2.29. The molecule has 0 bridgehead atoms. The molecule has 0 saturated heterocycles. The maximum absolute atomic E-state index is 12.8. The normalized spacial score (nSPS) is 11.9. The van der Waals surface area contributed by atoms with Gasteiger partial charge in [0.1, 0.15) is 0 Å². The third-order valence-electron chi connectivity index (χ3n) is 21.7. The molecule has 0 aliphatic rings.